The van der Waals surface area contributed by atoms with Crippen LogP contribution in [0.15, 0.2) is 51.8 Å². The van der Waals surface area contributed by atoms with Gasteiger partial charge in [-0.15, -0.1) is 4.40 Å². The first-order chi connectivity index (χ1) is 12.8. The number of benzene rings is 2. The van der Waals surface area contributed by atoms with Crippen molar-refractivity contribution >= 4 is 39.1 Å². The lowest BCUT2D eigenvalue weighted by molar-refractivity contribution is 0.102. The summed E-state index contributed by atoms with van der Waals surface area (Å²) in [5.74, 6) is -0.852. The van der Waals surface area contributed by atoms with Crippen molar-refractivity contribution in [3.8, 4) is 0 Å². The van der Waals surface area contributed by atoms with Gasteiger partial charge in [0, 0.05) is 30.7 Å². The van der Waals surface area contributed by atoms with Gasteiger partial charge in [0.1, 0.15) is 11.7 Å². The third-order valence-electron chi connectivity index (χ3n) is 4.14. The predicted molar refractivity (Wildman–Crippen MR) is 102 cm³/mol. The predicted octanol–water partition coefficient (Wildman–Crippen LogP) is 3.54. The molecule has 3 rings (SSSR count). The van der Waals surface area contributed by atoms with E-state index in [-0.39, 0.29) is 15.5 Å². The SMILES string of the molecule is CN1CCC/C1=N/S(=O)(=O)c1ccc(NC(=O)c2cc(Cl)ccc2F)cc1. The first-order valence-electron chi connectivity index (χ1n) is 8.18. The van der Waals surface area contributed by atoms with Crippen LogP contribution >= 0.6 is 11.6 Å². The van der Waals surface area contributed by atoms with E-state index in [0.29, 0.717) is 17.9 Å². The molecule has 0 atom stereocenters. The third kappa shape index (κ3) is 4.45. The van der Waals surface area contributed by atoms with Crippen LogP contribution in [0.1, 0.15) is 23.2 Å². The Morgan fingerprint density at radius 1 is 1.22 bits per heavy atom. The van der Waals surface area contributed by atoms with Crippen molar-refractivity contribution < 1.29 is 17.6 Å². The van der Waals surface area contributed by atoms with E-state index in [1.165, 1.54) is 36.4 Å². The Morgan fingerprint density at radius 3 is 2.56 bits per heavy atom. The molecule has 1 aliphatic rings. The summed E-state index contributed by atoms with van der Waals surface area (Å²) < 4.78 is 42.4. The maximum Gasteiger partial charge on any atom is 0.283 e. The molecular weight excluding hydrogens is 393 g/mol. The number of rotatable bonds is 4. The van der Waals surface area contributed by atoms with Crippen LogP contribution in [0.3, 0.4) is 0 Å². The van der Waals surface area contributed by atoms with Gasteiger partial charge < -0.3 is 10.2 Å². The summed E-state index contributed by atoms with van der Waals surface area (Å²) in [5, 5.41) is 2.74. The van der Waals surface area contributed by atoms with Gasteiger partial charge in [0.15, 0.2) is 0 Å². The molecule has 0 radical (unpaired) electrons. The third-order valence-corrected chi connectivity index (χ3v) is 5.70. The molecule has 2 aromatic carbocycles. The summed E-state index contributed by atoms with van der Waals surface area (Å²) in [4.78, 5) is 14.0. The Bertz CT molecular complexity index is 1010. The molecule has 142 valence electrons. The molecule has 27 heavy (non-hydrogen) atoms. The van der Waals surface area contributed by atoms with E-state index in [0.717, 1.165) is 19.0 Å². The largest absolute Gasteiger partial charge is 0.362 e. The van der Waals surface area contributed by atoms with Crippen molar-refractivity contribution in [1.29, 1.82) is 0 Å². The van der Waals surface area contributed by atoms with Gasteiger partial charge in [-0.2, -0.15) is 8.42 Å². The van der Waals surface area contributed by atoms with Crippen LogP contribution in [0.4, 0.5) is 10.1 Å². The summed E-state index contributed by atoms with van der Waals surface area (Å²) >= 11 is 5.79. The molecule has 1 N–H and O–H groups in total. The Hall–Kier alpha value is -2.45. The maximum absolute atomic E-state index is 13.8. The van der Waals surface area contributed by atoms with Gasteiger partial charge in [0.2, 0.25) is 0 Å². The Balaban J connectivity index is 1.77. The highest BCUT2D eigenvalue weighted by molar-refractivity contribution is 7.90. The maximum atomic E-state index is 13.8. The molecule has 0 aromatic heterocycles. The second-order valence-electron chi connectivity index (χ2n) is 6.11. The second kappa shape index (κ2) is 7.66. The minimum atomic E-state index is -3.83. The first-order valence-corrected chi connectivity index (χ1v) is 9.99. The number of likely N-dealkylation sites (tertiary alicyclic amines) is 1. The van der Waals surface area contributed by atoms with E-state index in [1.54, 1.807) is 7.05 Å². The van der Waals surface area contributed by atoms with Crippen molar-refractivity contribution in [3.63, 3.8) is 0 Å². The van der Waals surface area contributed by atoms with Gasteiger partial charge in [-0.3, -0.25) is 4.79 Å². The number of hydrogen-bond acceptors (Lipinski definition) is 3. The standard InChI is InChI=1S/C18H17ClFN3O3S/c1-23-10-2-3-17(23)22-27(25,26)14-7-5-13(6-8-14)21-18(24)15-11-12(19)4-9-16(15)20/h4-9,11H,2-3,10H2,1H3,(H,21,24)/b22-17-. The molecule has 0 bridgehead atoms. The number of amidine groups is 1. The minimum absolute atomic E-state index is 0.0160. The fraction of sp³-hybridized carbons (Fsp3) is 0.222. The zero-order chi connectivity index (χ0) is 19.6. The second-order valence-corrected chi connectivity index (χ2v) is 8.15. The highest BCUT2D eigenvalue weighted by Crippen LogP contribution is 2.21. The van der Waals surface area contributed by atoms with Crippen molar-refractivity contribution in [2.24, 2.45) is 4.40 Å². The number of nitrogens with zero attached hydrogens (tertiary/aromatic N) is 2. The number of nitrogens with one attached hydrogen (secondary N) is 1. The van der Waals surface area contributed by atoms with E-state index in [4.69, 9.17) is 11.6 Å². The number of anilines is 1. The Labute approximate surface area is 161 Å². The monoisotopic (exact) mass is 409 g/mol. The van der Waals surface area contributed by atoms with Gasteiger partial charge in [0.05, 0.1) is 10.5 Å². The van der Waals surface area contributed by atoms with Crippen LogP contribution in [0.2, 0.25) is 5.02 Å². The van der Waals surface area contributed by atoms with Crippen molar-refractivity contribution in [2.45, 2.75) is 17.7 Å². The van der Waals surface area contributed by atoms with E-state index >= 15 is 0 Å². The molecule has 1 fully saturated rings. The average Bonchev–Trinajstić information content (AvgIpc) is 3.01. The molecule has 9 heteroatoms. The molecule has 1 heterocycles. The smallest absolute Gasteiger partial charge is 0.283 e. The lowest BCUT2D eigenvalue weighted by atomic mass is 10.2. The van der Waals surface area contributed by atoms with Gasteiger partial charge in [-0.05, 0) is 48.9 Å². The number of amides is 1. The molecule has 1 aliphatic heterocycles. The summed E-state index contributed by atoms with van der Waals surface area (Å²) in [6, 6.07) is 9.20. The quantitative estimate of drug-likeness (QED) is 0.837. The van der Waals surface area contributed by atoms with E-state index in [2.05, 4.69) is 9.71 Å². The summed E-state index contributed by atoms with van der Waals surface area (Å²) in [6.45, 7) is 0.777. The molecule has 0 unspecified atom stereocenters. The summed E-state index contributed by atoms with van der Waals surface area (Å²) in [5.41, 5.74) is 0.124. The highest BCUT2D eigenvalue weighted by Gasteiger charge is 2.20. The lowest BCUT2D eigenvalue weighted by Crippen LogP contribution is -2.20. The zero-order valence-electron chi connectivity index (χ0n) is 14.4. The Kier molecular flexibility index (Phi) is 5.48. The van der Waals surface area contributed by atoms with Crippen molar-refractivity contribution in [2.75, 3.05) is 18.9 Å². The van der Waals surface area contributed by atoms with Crippen LogP contribution in [0.5, 0.6) is 0 Å². The molecule has 6 nitrogen and oxygen atoms in total. The number of carbonyl (C=O) groups is 1. The number of carbonyl (C=O) groups excluding carboxylic acids is 1. The van der Waals surface area contributed by atoms with Crippen LogP contribution in [0.25, 0.3) is 0 Å². The van der Waals surface area contributed by atoms with Gasteiger partial charge in [0.25, 0.3) is 15.9 Å². The van der Waals surface area contributed by atoms with E-state index in [9.17, 15) is 17.6 Å². The Morgan fingerprint density at radius 2 is 1.93 bits per heavy atom. The molecule has 2 aromatic rings. The van der Waals surface area contributed by atoms with Crippen LogP contribution in [-0.2, 0) is 10.0 Å². The highest BCUT2D eigenvalue weighted by atomic mass is 35.5. The fourth-order valence-electron chi connectivity index (χ4n) is 2.68. The number of halogens is 2. The van der Waals surface area contributed by atoms with Gasteiger partial charge >= 0.3 is 0 Å². The van der Waals surface area contributed by atoms with E-state index in [1.807, 2.05) is 4.90 Å². The van der Waals surface area contributed by atoms with Gasteiger partial charge in [-0.25, -0.2) is 4.39 Å². The molecule has 0 spiro atoms. The van der Waals surface area contributed by atoms with Crippen LogP contribution in [0, 0.1) is 5.82 Å². The summed E-state index contributed by atoms with van der Waals surface area (Å²) in [7, 11) is -2.03. The fourth-order valence-corrected chi connectivity index (χ4v) is 3.95. The van der Waals surface area contributed by atoms with E-state index < -0.39 is 21.7 Å². The van der Waals surface area contributed by atoms with Gasteiger partial charge in [-0.1, -0.05) is 11.6 Å². The number of hydrogen-bond donors (Lipinski definition) is 1. The van der Waals surface area contributed by atoms with Crippen molar-refractivity contribution in [3.05, 3.63) is 58.9 Å². The van der Waals surface area contributed by atoms with Crippen LogP contribution in [-0.4, -0.2) is 38.7 Å². The first kappa shape index (κ1) is 19.3. The lowest BCUT2D eigenvalue weighted by Gasteiger charge is -2.11. The zero-order valence-corrected chi connectivity index (χ0v) is 16.0. The molecular formula is C18H17ClFN3O3S. The molecule has 0 aliphatic carbocycles. The number of sulfonamides is 1. The molecule has 1 amide bonds. The summed E-state index contributed by atoms with van der Waals surface area (Å²) in [6.07, 6.45) is 1.49. The molecule has 1 saturated heterocycles. The average molecular weight is 410 g/mol. The topological polar surface area (TPSA) is 78.8 Å². The minimum Gasteiger partial charge on any atom is -0.362 e. The molecule has 0 saturated carbocycles. The van der Waals surface area contributed by atoms with Crippen molar-refractivity contribution in [1.82, 2.24) is 4.90 Å². The normalized spacial score (nSPS) is 16.0. The van der Waals surface area contributed by atoms with Crippen LogP contribution < -0.4 is 5.32 Å².